The van der Waals surface area contributed by atoms with Gasteiger partial charge in [0.1, 0.15) is 18.2 Å². The Bertz CT molecular complexity index is 1190. The number of halogens is 7. The lowest BCUT2D eigenvalue weighted by Gasteiger charge is -2.26. The van der Waals surface area contributed by atoms with Crippen molar-refractivity contribution in [2.75, 3.05) is 5.73 Å². The van der Waals surface area contributed by atoms with E-state index in [1.165, 1.54) is 0 Å². The van der Waals surface area contributed by atoms with Crippen LogP contribution in [0.4, 0.5) is 36.7 Å². The third-order valence-corrected chi connectivity index (χ3v) is 4.74. The SMILES string of the molecule is CC(=O)O[C@@H]1[C@@H](F)[C@@H]([C@@H](OC(C)=O)C(F)(F)F)O[C@H]1n1c(=O)n(CC(F)(F)F)c2cnc(N)nc21. The van der Waals surface area contributed by atoms with Crippen molar-refractivity contribution in [1.82, 2.24) is 19.1 Å². The molecule has 0 aliphatic carbocycles. The first kappa shape index (κ1) is 26.2. The molecule has 0 radical (unpaired) electrons. The van der Waals surface area contributed by atoms with Gasteiger partial charge in [-0.05, 0) is 0 Å². The third kappa shape index (κ3) is 5.30. The van der Waals surface area contributed by atoms with E-state index in [1.54, 1.807) is 0 Å². The van der Waals surface area contributed by atoms with Gasteiger partial charge >= 0.3 is 30.0 Å². The van der Waals surface area contributed by atoms with Crippen molar-refractivity contribution in [3.05, 3.63) is 16.7 Å². The van der Waals surface area contributed by atoms with Crippen molar-refractivity contribution >= 4 is 29.1 Å². The molecule has 194 valence electrons. The van der Waals surface area contributed by atoms with Gasteiger partial charge in [-0.15, -0.1) is 0 Å². The van der Waals surface area contributed by atoms with Gasteiger partial charge in [-0.3, -0.25) is 14.2 Å². The van der Waals surface area contributed by atoms with E-state index < -0.39 is 84.3 Å². The van der Waals surface area contributed by atoms with Crippen LogP contribution in [0.2, 0.25) is 0 Å². The average Bonchev–Trinajstić information content (AvgIpc) is 3.11. The molecular formula is C17H16F7N5O6. The number of nitrogen functional groups attached to an aromatic ring is 1. The lowest BCUT2D eigenvalue weighted by molar-refractivity contribution is -0.252. The molecule has 1 aliphatic heterocycles. The smallest absolute Gasteiger partial charge is 0.428 e. The summed E-state index contributed by atoms with van der Waals surface area (Å²) in [6.45, 7) is -0.508. The van der Waals surface area contributed by atoms with Gasteiger partial charge in [-0.25, -0.2) is 18.7 Å². The highest BCUT2D eigenvalue weighted by Gasteiger charge is 2.60. The molecule has 0 aromatic carbocycles. The molecule has 18 heteroatoms. The number of carbonyl (C=O) groups is 2. The second-order valence-corrected chi connectivity index (χ2v) is 7.37. The summed E-state index contributed by atoms with van der Waals surface area (Å²) in [5.74, 6) is -3.24. The molecule has 11 nitrogen and oxygen atoms in total. The Kier molecular flexibility index (Phi) is 6.71. The van der Waals surface area contributed by atoms with Gasteiger partial charge in [0, 0.05) is 13.8 Å². The maximum absolute atomic E-state index is 15.2. The Morgan fingerprint density at radius 3 is 2.34 bits per heavy atom. The second-order valence-electron chi connectivity index (χ2n) is 7.37. The summed E-state index contributed by atoms with van der Waals surface area (Å²) in [4.78, 5) is 42.8. The number of imidazole rings is 1. The van der Waals surface area contributed by atoms with Crippen molar-refractivity contribution in [2.45, 2.75) is 63.5 Å². The van der Waals surface area contributed by atoms with Crippen LogP contribution in [0.25, 0.3) is 11.2 Å². The minimum Gasteiger partial charge on any atom is -0.454 e. The minimum absolute atomic E-state index is 0.108. The number of anilines is 1. The maximum atomic E-state index is 15.2. The predicted molar refractivity (Wildman–Crippen MR) is 98.2 cm³/mol. The van der Waals surface area contributed by atoms with Crippen LogP contribution < -0.4 is 11.4 Å². The molecule has 3 rings (SSSR count). The number of hydrogen-bond donors (Lipinski definition) is 1. The highest BCUT2D eigenvalue weighted by atomic mass is 19.4. The molecular weight excluding hydrogens is 503 g/mol. The van der Waals surface area contributed by atoms with E-state index in [0.29, 0.717) is 6.92 Å². The number of rotatable bonds is 5. The fraction of sp³-hybridized carbons (Fsp3) is 0.588. The van der Waals surface area contributed by atoms with E-state index in [9.17, 15) is 40.7 Å². The molecule has 5 atom stereocenters. The Labute approximate surface area is 189 Å². The number of hydrogen-bond acceptors (Lipinski definition) is 9. The summed E-state index contributed by atoms with van der Waals surface area (Å²) in [6.07, 6.45) is -22.8. The lowest BCUT2D eigenvalue weighted by atomic mass is 10.1. The monoisotopic (exact) mass is 519 g/mol. The standard InChI is InChI=1S/C17H16F7N5O6/c1-5(30)33-10-8(18)9(11(17(22,23)24)34-6(2)31)35-13(10)29-12-7(3-26-14(25)27-12)28(15(29)32)4-16(19,20)21/h3,8-11,13H,4H2,1-2H3,(H2,25,26,27)/t8-,9-,10+,11+,13+/m0/s1. The molecule has 0 saturated carbocycles. The normalized spacial score (nSPS) is 23.9. The maximum Gasteiger partial charge on any atom is 0.428 e. The first-order chi connectivity index (χ1) is 16.0. The molecule has 0 amide bonds. The summed E-state index contributed by atoms with van der Waals surface area (Å²) in [6, 6.07) is 0. The Balaban J connectivity index is 2.21. The Morgan fingerprint density at radius 2 is 1.83 bits per heavy atom. The van der Waals surface area contributed by atoms with Crippen LogP contribution in [-0.4, -0.2) is 67.9 Å². The van der Waals surface area contributed by atoms with E-state index in [-0.39, 0.29) is 9.13 Å². The van der Waals surface area contributed by atoms with Crippen LogP contribution >= 0.6 is 0 Å². The van der Waals surface area contributed by atoms with E-state index in [0.717, 1.165) is 13.1 Å². The first-order valence-corrected chi connectivity index (χ1v) is 9.52. The molecule has 3 heterocycles. The molecule has 1 saturated heterocycles. The number of nitrogens with zero attached hydrogens (tertiary/aromatic N) is 4. The molecule has 1 fully saturated rings. The van der Waals surface area contributed by atoms with Crippen LogP contribution in [0.15, 0.2) is 11.0 Å². The Hall–Kier alpha value is -3.44. The van der Waals surface area contributed by atoms with Gasteiger partial charge in [-0.1, -0.05) is 0 Å². The quantitative estimate of drug-likeness (QED) is 0.459. The van der Waals surface area contributed by atoms with Crippen LogP contribution in [0.5, 0.6) is 0 Å². The third-order valence-electron chi connectivity index (χ3n) is 4.74. The van der Waals surface area contributed by atoms with Gasteiger partial charge in [0.05, 0.1) is 6.20 Å². The second kappa shape index (κ2) is 8.97. The lowest BCUT2D eigenvalue weighted by Crippen LogP contribution is -2.47. The number of fused-ring (bicyclic) bond motifs is 1. The number of esters is 2. The van der Waals surface area contributed by atoms with Crippen LogP contribution in [-0.2, 0) is 30.3 Å². The number of aromatic nitrogens is 4. The van der Waals surface area contributed by atoms with Crippen LogP contribution in [0.3, 0.4) is 0 Å². The van der Waals surface area contributed by atoms with Gasteiger partial charge in [0.2, 0.25) is 12.1 Å². The zero-order valence-electron chi connectivity index (χ0n) is 17.6. The summed E-state index contributed by atoms with van der Waals surface area (Å²) in [5.41, 5.74) is 2.64. The average molecular weight is 519 g/mol. The van der Waals surface area contributed by atoms with Crippen molar-refractivity contribution in [3.8, 4) is 0 Å². The van der Waals surface area contributed by atoms with Crippen molar-refractivity contribution in [1.29, 1.82) is 0 Å². The van der Waals surface area contributed by atoms with Gasteiger partial charge in [0.15, 0.2) is 24.2 Å². The molecule has 1 aliphatic rings. The molecule has 35 heavy (non-hydrogen) atoms. The number of alkyl halides is 7. The summed E-state index contributed by atoms with van der Waals surface area (Å²) in [5, 5.41) is 0. The first-order valence-electron chi connectivity index (χ1n) is 9.52. The van der Waals surface area contributed by atoms with Crippen LogP contribution in [0, 0.1) is 0 Å². The molecule has 2 aromatic rings. The molecule has 2 aromatic heterocycles. The summed E-state index contributed by atoms with van der Waals surface area (Å²) >= 11 is 0. The summed E-state index contributed by atoms with van der Waals surface area (Å²) < 4.78 is 109. The highest BCUT2D eigenvalue weighted by Crippen LogP contribution is 2.41. The highest BCUT2D eigenvalue weighted by molar-refractivity contribution is 5.72. The molecule has 0 unspecified atom stereocenters. The topological polar surface area (TPSA) is 141 Å². The largest absolute Gasteiger partial charge is 0.454 e. The Morgan fingerprint density at radius 1 is 1.20 bits per heavy atom. The number of nitrogens with two attached hydrogens (primary N) is 1. The predicted octanol–water partition coefficient (Wildman–Crippen LogP) is 1.40. The van der Waals surface area contributed by atoms with Crippen LogP contribution in [0.1, 0.15) is 20.1 Å². The van der Waals surface area contributed by atoms with Crippen molar-refractivity contribution in [2.24, 2.45) is 0 Å². The van der Waals surface area contributed by atoms with Gasteiger partial charge in [0.25, 0.3) is 0 Å². The zero-order valence-corrected chi connectivity index (χ0v) is 17.6. The van der Waals surface area contributed by atoms with Crippen molar-refractivity contribution < 1.29 is 54.5 Å². The molecule has 2 N–H and O–H groups in total. The van der Waals surface area contributed by atoms with Gasteiger partial charge < -0.3 is 19.9 Å². The van der Waals surface area contributed by atoms with E-state index in [2.05, 4.69) is 14.7 Å². The molecule has 0 spiro atoms. The fourth-order valence-corrected chi connectivity index (χ4v) is 3.55. The number of carbonyl (C=O) groups excluding carboxylic acids is 2. The van der Waals surface area contributed by atoms with Crippen molar-refractivity contribution in [3.63, 3.8) is 0 Å². The van der Waals surface area contributed by atoms with E-state index in [4.69, 9.17) is 15.2 Å². The summed E-state index contributed by atoms with van der Waals surface area (Å²) in [7, 11) is 0. The van der Waals surface area contributed by atoms with E-state index in [1.807, 2.05) is 0 Å². The zero-order chi connectivity index (χ0) is 26.5. The fourth-order valence-electron chi connectivity index (χ4n) is 3.55. The number of ether oxygens (including phenoxy) is 3. The van der Waals surface area contributed by atoms with Gasteiger partial charge in [-0.2, -0.15) is 31.3 Å². The molecule has 0 bridgehead atoms. The minimum atomic E-state index is -5.38. The van der Waals surface area contributed by atoms with E-state index >= 15 is 4.39 Å².